The van der Waals surface area contributed by atoms with Gasteiger partial charge in [-0.2, -0.15) is 0 Å². The molecule has 1 fully saturated rings. The van der Waals surface area contributed by atoms with Crippen molar-refractivity contribution in [2.45, 2.75) is 39.3 Å². The summed E-state index contributed by atoms with van der Waals surface area (Å²) in [5.41, 5.74) is 2.78. The molecule has 2 rings (SSSR count). The first-order chi connectivity index (χ1) is 8.29. The molecule has 1 unspecified atom stereocenters. The number of aryl methyl sites for hydroxylation is 1. The minimum atomic E-state index is 0.718. The summed E-state index contributed by atoms with van der Waals surface area (Å²) in [4.78, 5) is 2.59. The predicted molar refractivity (Wildman–Crippen MR) is 73.2 cm³/mol. The van der Waals surface area contributed by atoms with Crippen LogP contribution in [0.4, 0.5) is 0 Å². The molecular formula is C15H24N2. The summed E-state index contributed by atoms with van der Waals surface area (Å²) >= 11 is 0. The van der Waals surface area contributed by atoms with Gasteiger partial charge in [-0.05, 0) is 38.4 Å². The zero-order valence-corrected chi connectivity index (χ0v) is 11.1. The van der Waals surface area contributed by atoms with Gasteiger partial charge in [0.25, 0.3) is 0 Å². The average Bonchev–Trinajstić information content (AvgIpc) is 2.39. The van der Waals surface area contributed by atoms with Crippen molar-refractivity contribution < 1.29 is 0 Å². The molecule has 2 nitrogen and oxygen atoms in total. The number of nitrogens with zero attached hydrogens (tertiary/aromatic N) is 1. The quantitative estimate of drug-likeness (QED) is 0.858. The molecule has 2 heteroatoms. The normalized spacial score (nSPS) is 20.8. The van der Waals surface area contributed by atoms with E-state index in [1.807, 2.05) is 0 Å². The van der Waals surface area contributed by atoms with Crippen LogP contribution in [0.15, 0.2) is 24.3 Å². The fraction of sp³-hybridized carbons (Fsp3) is 0.600. The van der Waals surface area contributed by atoms with E-state index in [0.717, 1.165) is 25.7 Å². The number of hydrogen-bond acceptors (Lipinski definition) is 2. The first-order valence-electron chi connectivity index (χ1n) is 6.80. The van der Waals surface area contributed by atoms with Gasteiger partial charge in [-0.15, -0.1) is 0 Å². The van der Waals surface area contributed by atoms with Crippen LogP contribution >= 0.6 is 0 Å². The van der Waals surface area contributed by atoms with E-state index in [0.29, 0.717) is 0 Å². The van der Waals surface area contributed by atoms with Crippen molar-refractivity contribution in [3.63, 3.8) is 0 Å². The maximum Gasteiger partial charge on any atom is 0.0237 e. The molecule has 0 bridgehead atoms. The van der Waals surface area contributed by atoms with E-state index in [1.54, 1.807) is 0 Å². The molecule has 1 atom stereocenters. The van der Waals surface area contributed by atoms with Crippen LogP contribution in [0, 0.1) is 6.92 Å². The molecular weight excluding hydrogens is 208 g/mol. The Bertz CT molecular complexity index is 325. The molecule has 1 aromatic rings. The average molecular weight is 232 g/mol. The standard InChI is InChI=1S/C15H24N2/c1-3-17(15-5-4-10-16-11-15)12-14-8-6-13(2)7-9-14/h6-9,15-16H,3-5,10-12H2,1-2H3. The molecule has 0 saturated carbocycles. The van der Waals surface area contributed by atoms with Gasteiger partial charge in [-0.1, -0.05) is 36.8 Å². The van der Waals surface area contributed by atoms with Gasteiger partial charge in [0.2, 0.25) is 0 Å². The van der Waals surface area contributed by atoms with Crippen molar-refractivity contribution in [3.05, 3.63) is 35.4 Å². The van der Waals surface area contributed by atoms with Crippen LogP contribution < -0.4 is 5.32 Å². The predicted octanol–water partition coefficient (Wildman–Crippen LogP) is 2.57. The molecule has 0 spiro atoms. The second-order valence-electron chi connectivity index (χ2n) is 5.05. The van der Waals surface area contributed by atoms with Crippen molar-refractivity contribution in [3.8, 4) is 0 Å². The lowest BCUT2D eigenvalue weighted by Crippen LogP contribution is -2.45. The Balaban J connectivity index is 1.96. The first-order valence-corrected chi connectivity index (χ1v) is 6.80. The Kier molecular flexibility index (Phi) is 4.57. The highest BCUT2D eigenvalue weighted by molar-refractivity contribution is 5.21. The number of likely N-dealkylation sites (N-methyl/N-ethyl adjacent to an activating group) is 1. The van der Waals surface area contributed by atoms with Crippen molar-refractivity contribution in [1.82, 2.24) is 10.2 Å². The molecule has 17 heavy (non-hydrogen) atoms. The van der Waals surface area contributed by atoms with Gasteiger partial charge in [-0.3, -0.25) is 4.90 Å². The number of rotatable bonds is 4. The Hall–Kier alpha value is -0.860. The summed E-state index contributed by atoms with van der Waals surface area (Å²) in [5.74, 6) is 0. The molecule has 1 saturated heterocycles. The lowest BCUT2D eigenvalue weighted by atomic mass is 10.0. The molecule has 94 valence electrons. The fourth-order valence-corrected chi connectivity index (χ4v) is 2.57. The molecule has 0 aromatic heterocycles. The van der Waals surface area contributed by atoms with Crippen molar-refractivity contribution >= 4 is 0 Å². The molecule has 1 N–H and O–H groups in total. The van der Waals surface area contributed by atoms with Crippen LogP contribution in [0.3, 0.4) is 0 Å². The smallest absolute Gasteiger partial charge is 0.0237 e. The summed E-state index contributed by atoms with van der Waals surface area (Å²) in [5, 5.41) is 3.50. The second kappa shape index (κ2) is 6.18. The van der Waals surface area contributed by atoms with E-state index >= 15 is 0 Å². The summed E-state index contributed by atoms with van der Waals surface area (Å²) in [7, 11) is 0. The van der Waals surface area contributed by atoms with Crippen molar-refractivity contribution in [1.29, 1.82) is 0 Å². The number of nitrogens with one attached hydrogen (secondary N) is 1. The lowest BCUT2D eigenvalue weighted by molar-refractivity contribution is 0.166. The van der Waals surface area contributed by atoms with Gasteiger partial charge in [0.15, 0.2) is 0 Å². The van der Waals surface area contributed by atoms with Gasteiger partial charge < -0.3 is 5.32 Å². The molecule has 1 aromatic carbocycles. The largest absolute Gasteiger partial charge is 0.315 e. The van der Waals surface area contributed by atoms with Crippen LogP contribution in [0.25, 0.3) is 0 Å². The third kappa shape index (κ3) is 3.55. The zero-order chi connectivity index (χ0) is 12.1. The molecule has 0 radical (unpaired) electrons. The molecule has 0 aliphatic carbocycles. The summed E-state index contributed by atoms with van der Waals surface area (Å²) < 4.78 is 0. The van der Waals surface area contributed by atoms with E-state index in [2.05, 4.69) is 48.3 Å². The van der Waals surface area contributed by atoms with Gasteiger partial charge in [0.1, 0.15) is 0 Å². The van der Waals surface area contributed by atoms with Crippen LogP contribution in [0.5, 0.6) is 0 Å². The van der Waals surface area contributed by atoms with E-state index in [4.69, 9.17) is 0 Å². The molecule has 1 heterocycles. The Morgan fingerprint density at radius 2 is 2.06 bits per heavy atom. The third-order valence-electron chi connectivity index (χ3n) is 3.70. The van der Waals surface area contributed by atoms with E-state index < -0.39 is 0 Å². The highest BCUT2D eigenvalue weighted by Gasteiger charge is 2.19. The van der Waals surface area contributed by atoms with Crippen molar-refractivity contribution in [2.75, 3.05) is 19.6 Å². The van der Waals surface area contributed by atoms with Crippen LogP contribution in [-0.4, -0.2) is 30.6 Å². The Morgan fingerprint density at radius 3 is 2.65 bits per heavy atom. The SMILES string of the molecule is CCN(Cc1ccc(C)cc1)C1CCCNC1. The topological polar surface area (TPSA) is 15.3 Å². The van der Waals surface area contributed by atoms with Crippen LogP contribution in [0.2, 0.25) is 0 Å². The number of hydrogen-bond donors (Lipinski definition) is 1. The maximum atomic E-state index is 3.50. The summed E-state index contributed by atoms with van der Waals surface area (Å²) in [6, 6.07) is 9.66. The molecule has 1 aliphatic heterocycles. The summed E-state index contributed by atoms with van der Waals surface area (Å²) in [6.07, 6.45) is 2.65. The van der Waals surface area contributed by atoms with E-state index in [-0.39, 0.29) is 0 Å². The van der Waals surface area contributed by atoms with Crippen LogP contribution in [0.1, 0.15) is 30.9 Å². The maximum absolute atomic E-state index is 3.50. The second-order valence-corrected chi connectivity index (χ2v) is 5.05. The zero-order valence-electron chi connectivity index (χ0n) is 11.1. The van der Waals surface area contributed by atoms with Gasteiger partial charge in [0.05, 0.1) is 0 Å². The minimum Gasteiger partial charge on any atom is -0.315 e. The van der Waals surface area contributed by atoms with E-state index in [9.17, 15) is 0 Å². The lowest BCUT2D eigenvalue weighted by Gasteiger charge is -2.34. The fourth-order valence-electron chi connectivity index (χ4n) is 2.57. The third-order valence-corrected chi connectivity index (χ3v) is 3.70. The van der Waals surface area contributed by atoms with E-state index in [1.165, 1.54) is 30.5 Å². The molecule has 0 amide bonds. The van der Waals surface area contributed by atoms with Gasteiger partial charge in [-0.25, -0.2) is 0 Å². The van der Waals surface area contributed by atoms with Gasteiger partial charge in [0, 0.05) is 19.1 Å². The highest BCUT2D eigenvalue weighted by atomic mass is 15.2. The monoisotopic (exact) mass is 232 g/mol. The summed E-state index contributed by atoms with van der Waals surface area (Å²) in [6.45, 7) is 8.98. The Labute approximate surface area is 105 Å². The van der Waals surface area contributed by atoms with Crippen molar-refractivity contribution in [2.24, 2.45) is 0 Å². The highest BCUT2D eigenvalue weighted by Crippen LogP contribution is 2.14. The van der Waals surface area contributed by atoms with Crippen LogP contribution in [-0.2, 0) is 6.54 Å². The minimum absolute atomic E-state index is 0.718. The first kappa shape index (κ1) is 12.6. The Morgan fingerprint density at radius 1 is 1.29 bits per heavy atom. The molecule has 1 aliphatic rings. The number of piperidine rings is 1. The number of benzene rings is 1. The van der Waals surface area contributed by atoms with Gasteiger partial charge >= 0.3 is 0 Å².